The number of anilines is 1. The van der Waals surface area contributed by atoms with E-state index in [4.69, 9.17) is 4.74 Å². The monoisotopic (exact) mass is 295 g/mol. The molecule has 1 aromatic rings. The zero-order valence-electron chi connectivity index (χ0n) is 13.4. The summed E-state index contributed by atoms with van der Waals surface area (Å²) in [5.41, 5.74) is 0.914. The van der Waals surface area contributed by atoms with Crippen molar-refractivity contribution >= 4 is 5.82 Å². The molecule has 0 bridgehead atoms. The molecule has 0 aromatic carbocycles. The van der Waals surface area contributed by atoms with Gasteiger partial charge in [-0.3, -0.25) is 0 Å². The fraction of sp³-hybridized carbons (Fsp3) is 0.688. The Morgan fingerprint density at radius 1 is 1.48 bits per heavy atom. The summed E-state index contributed by atoms with van der Waals surface area (Å²) in [4.78, 5) is 6.56. The summed E-state index contributed by atoms with van der Waals surface area (Å²) in [6.07, 6.45) is 1.47. The molecule has 21 heavy (non-hydrogen) atoms. The van der Waals surface area contributed by atoms with Gasteiger partial charge < -0.3 is 15.0 Å². The number of halogens is 1. The lowest BCUT2D eigenvalue weighted by Crippen LogP contribution is -2.48. The van der Waals surface area contributed by atoms with Crippen LogP contribution in [0, 0.1) is 11.7 Å². The molecule has 1 aliphatic heterocycles. The summed E-state index contributed by atoms with van der Waals surface area (Å²) in [7, 11) is 0. The average Bonchev–Trinajstić information content (AvgIpc) is 2.42. The van der Waals surface area contributed by atoms with E-state index in [-0.39, 0.29) is 18.0 Å². The van der Waals surface area contributed by atoms with Gasteiger partial charge in [-0.1, -0.05) is 13.8 Å². The van der Waals surface area contributed by atoms with Crippen LogP contribution in [0.4, 0.5) is 10.2 Å². The van der Waals surface area contributed by atoms with Crippen molar-refractivity contribution in [2.45, 2.75) is 46.4 Å². The molecule has 2 atom stereocenters. The van der Waals surface area contributed by atoms with Crippen molar-refractivity contribution in [2.75, 3.05) is 24.6 Å². The van der Waals surface area contributed by atoms with Crippen LogP contribution in [0.2, 0.25) is 0 Å². The number of nitrogens with zero attached hydrogens (tertiary/aromatic N) is 2. The Bertz CT molecular complexity index is 467. The second-order valence-corrected chi connectivity index (χ2v) is 6.31. The molecule has 1 aromatic heterocycles. The molecule has 118 valence electrons. The maximum Gasteiger partial charge on any atom is 0.141 e. The molecule has 0 radical (unpaired) electrons. The lowest BCUT2D eigenvalue weighted by atomic mass is 10.1. The fourth-order valence-corrected chi connectivity index (χ4v) is 2.56. The molecule has 0 amide bonds. The molecule has 2 rings (SSSR count). The molecule has 1 saturated heterocycles. The number of aromatic nitrogens is 1. The molecule has 1 aliphatic rings. The van der Waals surface area contributed by atoms with Crippen molar-refractivity contribution < 1.29 is 9.13 Å². The Kier molecular flexibility index (Phi) is 5.53. The van der Waals surface area contributed by atoms with Crippen LogP contribution in [0.5, 0.6) is 0 Å². The van der Waals surface area contributed by atoms with Crippen LogP contribution < -0.4 is 10.2 Å². The quantitative estimate of drug-likeness (QED) is 0.906. The Hall–Kier alpha value is -1.20. The Morgan fingerprint density at radius 2 is 2.24 bits per heavy atom. The first-order chi connectivity index (χ1) is 9.97. The molecule has 0 spiro atoms. The SMILES string of the molecule is CC(C)CNCc1cc(F)cnc1N1CC(C)OCC1C. The van der Waals surface area contributed by atoms with Crippen molar-refractivity contribution in [3.8, 4) is 0 Å². The van der Waals surface area contributed by atoms with Gasteiger partial charge in [0.05, 0.1) is 24.9 Å². The van der Waals surface area contributed by atoms with Crippen molar-refractivity contribution in [3.63, 3.8) is 0 Å². The highest BCUT2D eigenvalue weighted by molar-refractivity contribution is 5.48. The fourth-order valence-electron chi connectivity index (χ4n) is 2.56. The normalized spacial score (nSPS) is 22.9. The maximum absolute atomic E-state index is 13.5. The first kappa shape index (κ1) is 16.2. The van der Waals surface area contributed by atoms with E-state index in [0.29, 0.717) is 19.1 Å². The van der Waals surface area contributed by atoms with Gasteiger partial charge in [-0.25, -0.2) is 9.37 Å². The predicted molar refractivity (Wildman–Crippen MR) is 83.0 cm³/mol. The molecule has 2 unspecified atom stereocenters. The van der Waals surface area contributed by atoms with E-state index in [1.165, 1.54) is 6.20 Å². The minimum atomic E-state index is -0.283. The van der Waals surface area contributed by atoms with Crippen LogP contribution in [0.3, 0.4) is 0 Å². The number of hydrogen-bond donors (Lipinski definition) is 1. The molecule has 5 heteroatoms. The first-order valence-electron chi connectivity index (χ1n) is 7.70. The van der Waals surface area contributed by atoms with Crippen molar-refractivity contribution in [1.82, 2.24) is 10.3 Å². The third-order valence-electron chi connectivity index (χ3n) is 3.66. The van der Waals surface area contributed by atoms with Gasteiger partial charge in [-0.2, -0.15) is 0 Å². The molecule has 0 aliphatic carbocycles. The molecule has 1 fully saturated rings. The van der Waals surface area contributed by atoms with Gasteiger partial charge >= 0.3 is 0 Å². The third kappa shape index (κ3) is 4.38. The minimum absolute atomic E-state index is 0.171. The van der Waals surface area contributed by atoms with Crippen LogP contribution >= 0.6 is 0 Å². The van der Waals surface area contributed by atoms with Gasteiger partial charge in [-0.15, -0.1) is 0 Å². The number of nitrogens with one attached hydrogen (secondary N) is 1. The molecular formula is C16H26FN3O. The van der Waals surface area contributed by atoms with Crippen molar-refractivity contribution in [3.05, 3.63) is 23.6 Å². The van der Waals surface area contributed by atoms with Gasteiger partial charge in [0.25, 0.3) is 0 Å². The molecule has 1 N–H and O–H groups in total. The summed E-state index contributed by atoms with van der Waals surface area (Å²) in [6.45, 7) is 11.5. The standard InChI is InChI=1S/C16H26FN3O/c1-11(2)6-18-7-14-5-15(17)8-19-16(14)20-9-13(4)21-10-12(20)3/h5,8,11-13,18H,6-7,9-10H2,1-4H3. The van der Waals surface area contributed by atoms with E-state index in [0.717, 1.165) is 24.5 Å². The number of pyridine rings is 1. The van der Waals surface area contributed by atoms with Crippen LogP contribution in [-0.4, -0.2) is 36.8 Å². The number of morpholine rings is 1. The zero-order chi connectivity index (χ0) is 15.4. The average molecular weight is 295 g/mol. The first-order valence-corrected chi connectivity index (χ1v) is 7.70. The summed E-state index contributed by atoms with van der Waals surface area (Å²) >= 11 is 0. The van der Waals surface area contributed by atoms with E-state index in [1.807, 2.05) is 0 Å². The topological polar surface area (TPSA) is 37.4 Å². The number of ether oxygens (including phenoxy) is 1. The smallest absolute Gasteiger partial charge is 0.141 e. The highest BCUT2D eigenvalue weighted by atomic mass is 19.1. The second kappa shape index (κ2) is 7.18. The maximum atomic E-state index is 13.5. The van der Waals surface area contributed by atoms with Gasteiger partial charge in [0.1, 0.15) is 11.6 Å². The second-order valence-electron chi connectivity index (χ2n) is 6.31. The van der Waals surface area contributed by atoms with E-state index < -0.39 is 0 Å². The van der Waals surface area contributed by atoms with Gasteiger partial charge in [0, 0.05) is 18.7 Å². The van der Waals surface area contributed by atoms with E-state index in [1.54, 1.807) is 6.07 Å². The molecule has 4 nitrogen and oxygen atoms in total. The Balaban J connectivity index is 2.17. The minimum Gasteiger partial charge on any atom is -0.375 e. The van der Waals surface area contributed by atoms with Crippen LogP contribution in [-0.2, 0) is 11.3 Å². The van der Waals surface area contributed by atoms with E-state index in [2.05, 4.69) is 42.9 Å². The van der Waals surface area contributed by atoms with Crippen molar-refractivity contribution in [2.24, 2.45) is 5.92 Å². The predicted octanol–water partition coefficient (Wildman–Crippen LogP) is 2.58. The van der Waals surface area contributed by atoms with Gasteiger partial charge in [-0.05, 0) is 32.4 Å². The highest BCUT2D eigenvalue weighted by Crippen LogP contribution is 2.24. The lowest BCUT2D eigenvalue weighted by Gasteiger charge is -2.38. The summed E-state index contributed by atoms with van der Waals surface area (Å²) in [5.74, 6) is 1.15. The molecular weight excluding hydrogens is 269 g/mol. The largest absolute Gasteiger partial charge is 0.375 e. The summed E-state index contributed by atoms with van der Waals surface area (Å²) < 4.78 is 19.2. The summed E-state index contributed by atoms with van der Waals surface area (Å²) in [5, 5.41) is 3.37. The number of rotatable bonds is 5. The Labute approximate surface area is 126 Å². The van der Waals surface area contributed by atoms with Gasteiger partial charge in [0.2, 0.25) is 0 Å². The van der Waals surface area contributed by atoms with Crippen LogP contribution in [0.1, 0.15) is 33.3 Å². The molecule has 2 heterocycles. The summed E-state index contributed by atoms with van der Waals surface area (Å²) in [6, 6.07) is 1.84. The lowest BCUT2D eigenvalue weighted by molar-refractivity contribution is 0.0339. The van der Waals surface area contributed by atoms with E-state index in [9.17, 15) is 4.39 Å². The van der Waals surface area contributed by atoms with Crippen LogP contribution in [0.15, 0.2) is 12.3 Å². The molecule has 0 saturated carbocycles. The van der Waals surface area contributed by atoms with Gasteiger partial charge in [0.15, 0.2) is 0 Å². The Morgan fingerprint density at radius 3 is 2.95 bits per heavy atom. The third-order valence-corrected chi connectivity index (χ3v) is 3.66. The van der Waals surface area contributed by atoms with Crippen molar-refractivity contribution in [1.29, 1.82) is 0 Å². The van der Waals surface area contributed by atoms with E-state index >= 15 is 0 Å². The highest BCUT2D eigenvalue weighted by Gasteiger charge is 2.26. The van der Waals surface area contributed by atoms with Crippen LogP contribution in [0.25, 0.3) is 0 Å². The zero-order valence-corrected chi connectivity index (χ0v) is 13.4. The number of hydrogen-bond acceptors (Lipinski definition) is 4.